The van der Waals surface area contributed by atoms with E-state index in [0.717, 1.165) is 10.4 Å². The van der Waals surface area contributed by atoms with Crippen molar-refractivity contribution >= 4 is 0 Å². The highest BCUT2D eigenvalue weighted by Gasteiger charge is 2.28. The number of fused-ring (bicyclic) bond motifs is 3. The van der Waals surface area contributed by atoms with Gasteiger partial charge in [0, 0.05) is 12.0 Å². The maximum atomic E-state index is 13.3. The third kappa shape index (κ3) is 1.46. The molecular formula is C13H9FN4O2. The Morgan fingerprint density at radius 2 is 2.10 bits per heavy atom. The summed E-state index contributed by atoms with van der Waals surface area (Å²) >= 11 is 0. The highest BCUT2D eigenvalue weighted by Crippen LogP contribution is 2.33. The van der Waals surface area contributed by atoms with Crippen molar-refractivity contribution in [2.24, 2.45) is 0 Å². The van der Waals surface area contributed by atoms with Crippen LogP contribution in [0.4, 0.5) is 4.39 Å². The molecule has 1 aliphatic carbocycles. The molecule has 0 fully saturated rings. The molecule has 6 nitrogen and oxygen atoms in total. The smallest absolute Gasteiger partial charge is 0.176 e. The number of hydrogen-bond donors (Lipinski definition) is 1. The first-order valence-electron chi connectivity index (χ1n) is 6.12. The van der Waals surface area contributed by atoms with Crippen LogP contribution in [0.25, 0.3) is 22.8 Å². The van der Waals surface area contributed by atoms with Crippen LogP contribution in [-0.4, -0.2) is 25.2 Å². The van der Waals surface area contributed by atoms with E-state index in [0.29, 0.717) is 35.5 Å². The van der Waals surface area contributed by atoms with Crippen LogP contribution in [0.3, 0.4) is 0 Å². The maximum absolute atomic E-state index is 13.3. The lowest BCUT2D eigenvalue weighted by Crippen LogP contribution is -2.07. The van der Waals surface area contributed by atoms with Crippen molar-refractivity contribution in [2.75, 3.05) is 0 Å². The number of hydrogen-bond acceptors (Lipinski definition) is 5. The molecule has 3 aromatic rings. The van der Waals surface area contributed by atoms with Crippen LogP contribution in [0.2, 0.25) is 0 Å². The Kier molecular flexibility index (Phi) is 2.17. The molecule has 1 aliphatic rings. The van der Waals surface area contributed by atoms with Crippen molar-refractivity contribution in [1.29, 1.82) is 0 Å². The summed E-state index contributed by atoms with van der Waals surface area (Å²) in [5.74, 6) is -0.0994. The van der Waals surface area contributed by atoms with Gasteiger partial charge in [0.05, 0.1) is 5.69 Å². The topological polar surface area (TPSA) is 77.0 Å². The van der Waals surface area contributed by atoms with Gasteiger partial charge in [0.25, 0.3) is 0 Å². The summed E-state index contributed by atoms with van der Waals surface area (Å²) in [5, 5.41) is 17.9. The second kappa shape index (κ2) is 3.89. The minimum absolute atomic E-state index is 0.283. The second-order valence-electron chi connectivity index (χ2n) is 4.61. The Labute approximate surface area is 112 Å². The molecule has 0 amide bonds. The molecule has 100 valence electrons. The largest absolute Gasteiger partial charge is 0.427 e. The lowest BCUT2D eigenvalue weighted by molar-refractivity contribution is 0.181. The number of imidazole rings is 1. The Morgan fingerprint density at radius 3 is 2.95 bits per heavy atom. The molecule has 0 radical (unpaired) electrons. The molecule has 0 bridgehead atoms. The molecule has 0 aliphatic heterocycles. The summed E-state index contributed by atoms with van der Waals surface area (Å²) in [6.07, 6.45) is 1.20. The number of aromatic nitrogens is 4. The van der Waals surface area contributed by atoms with Gasteiger partial charge in [0.1, 0.15) is 17.2 Å². The molecule has 0 spiro atoms. The number of benzene rings is 1. The Morgan fingerprint density at radius 1 is 1.20 bits per heavy atom. The van der Waals surface area contributed by atoms with E-state index in [1.165, 1.54) is 12.1 Å². The fourth-order valence-corrected chi connectivity index (χ4v) is 2.46. The SMILES string of the molecule is On1c(-c2cccc(F)c2)nc2c1CCc1nonc1-2. The standard InChI is InChI=1S/C13H9FN4O2/c14-8-3-1-2-7(6-8)13-15-12-10(18(13)19)5-4-9-11(12)17-20-16-9/h1-3,6,19H,4-5H2. The van der Waals surface area contributed by atoms with Gasteiger partial charge in [0.2, 0.25) is 0 Å². The van der Waals surface area contributed by atoms with Gasteiger partial charge in [-0.15, -0.1) is 0 Å². The zero-order valence-corrected chi connectivity index (χ0v) is 10.2. The number of aryl methyl sites for hydroxylation is 1. The van der Waals surface area contributed by atoms with Crippen molar-refractivity contribution < 1.29 is 14.2 Å². The molecule has 4 rings (SSSR count). The zero-order valence-electron chi connectivity index (χ0n) is 10.2. The fraction of sp³-hybridized carbons (Fsp3) is 0.154. The first-order valence-corrected chi connectivity index (χ1v) is 6.12. The first-order chi connectivity index (χ1) is 9.74. The van der Waals surface area contributed by atoms with Gasteiger partial charge in [-0.25, -0.2) is 14.0 Å². The number of halogens is 1. The maximum Gasteiger partial charge on any atom is 0.176 e. The summed E-state index contributed by atoms with van der Waals surface area (Å²) < 4.78 is 19.0. The number of nitrogens with zero attached hydrogens (tertiary/aromatic N) is 4. The van der Waals surface area contributed by atoms with Crippen LogP contribution in [-0.2, 0) is 12.8 Å². The molecular weight excluding hydrogens is 263 g/mol. The minimum atomic E-state index is -0.382. The summed E-state index contributed by atoms with van der Waals surface area (Å²) in [5.41, 5.74) is 2.93. The predicted molar refractivity (Wildman–Crippen MR) is 65.5 cm³/mol. The molecule has 1 N–H and O–H groups in total. The predicted octanol–water partition coefficient (Wildman–Crippen LogP) is 2.08. The van der Waals surface area contributed by atoms with Crippen LogP contribution in [0.5, 0.6) is 0 Å². The molecule has 20 heavy (non-hydrogen) atoms. The molecule has 0 saturated carbocycles. The summed E-state index contributed by atoms with van der Waals surface area (Å²) in [7, 11) is 0. The first kappa shape index (κ1) is 11.2. The van der Waals surface area contributed by atoms with E-state index in [2.05, 4.69) is 15.3 Å². The Balaban J connectivity index is 1.93. The van der Waals surface area contributed by atoms with Gasteiger partial charge in [-0.05, 0) is 23.7 Å². The van der Waals surface area contributed by atoms with Crippen LogP contribution >= 0.6 is 0 Å². The highest BCUT2D eigenvalue weighted by atomic mass is 19.1. The lowest BCUT2D eigenvalue weighted by atomic mass is 10.0. The molecule has 1 aromatic carbocycles. The van der Waals surface area contributed by atoms with Gasteiger partial charge in [-0.1, -0.05) is 17.3 Å². The van der Waals surface area contributed by atoms with E-state index >= 15 is 0 Å². The molecule has 0 unspecified atom stereocenters. The third-order valence-electron chi connectivity index (χ3n) is 3.41. The van der Waals surface area contributed by atoms with E-state index in [9.17, 15) is 9.60 Å². The van der Waals surface area contributed by atoms with Gasteiger partial charge in [0.15, 0.2) is 11.5 Å². The molecule has 0 saturated heterocycles. The zero-order chi connectivity index (χ0) is 13.7. The summed E-state index contributed by atoms with van der Waals surface area (Å²) in [6, 6.07) is 5.92. The molecule has 7 heteroatoms. The average molecular weight is 272 g/mol. The van der Waals surface area contributed by atoms with Gasteiger partial charge >= 0.3 is 0 Å². The quantitative estimate of drug-likeness (QED) is 0.686. The van der Waals surface area contributed by atoms with E-state index in [1.807, 2.05) is 0 Å². The van der Waals surface area contributed by atoms with E-state index < -0.39 is 0 Å². The Bertz CT molecular complexity index is 809. The Hall–Kier alpha value is -2.70. The third-order valence-corrected chi connectivity index (χ3v) is 3.41. The van der Waals surface area contributed by atoms with Crippen molar-refractivity contribution in [3.05, 3.63) is 41.5 Å². The second-order valence-corrected chi connectivity index (χ2v) is 4.61. The monoisotopic (exact) mass is 272 g/mol. The minimum Gasteiger partial charge on any atom is -0.427 e. The van der Waals surface area contributed by atoms with Crippen LogP contribution in [0.15, 0.2) is 28.9 Å². The summed E-state index contributed by atoms with van der Waals surface area (Å²) in [4.78, 5) is 4.36. The van der Waals surface area contributed by atoms with Crippen LogP contribution in [0, 0.1) is 5.82 Å². The highest BCUT2D eigenvalue weighted by molar-refractivity contribution is 5.68. The van der Waals surface area contributed by atoms with Crippen molar-refractivity contribution in [2.45, 2.75) is 12.8 Å². The fourth-order valence-electron chi connectivity index (χ4n) is 2.46. The van der Waals surface area contributed by atoms with Gasteiger partial charge in [-0.2, -0.15) is 4.73 Å². The average Bonchev–Trinajstić information content (AvgIpc) is 3.03. The molecule has 2 heterocycles. The van der Waals surface area contributed by atoms with Crippen molar-refractivity contribution in [1.82, 2.24) is 20.0 Å². The normalized spacial score (nSPS) is 13.1. The van der Waals surface area contributed by atoms with Crippen molar-refractivity contribution in [3.8, 4) is 22.8 Å². The van der Waals surface area contributed by atoms with Crippen molar-refractivity contribution in [3.63, 3.8) is 0 Å². The molecule has 2 aromatic heterocycles. The lowest BCUT2D eigenvalue weighted by Gasteiger charge is -2.08. The van der Waals surface area contributed by atoms with Crippen LogP contribution < -0.4 is 0 Å². The van der Waals surface area contributed by atoms with E-state index in [4.69, 9.17) is 4.63 Å². The summed E-state index contributed by atoms with van der Waals surface area (Å²) in [6.45, 7) is 0. The van der Waals surface area contributed by atoms with Crippen LogP contribution in [0.1, 0.15) is 11.4 Å². The van der Waals surface area contributed by atoms with E-state index in [-0.39, 0.29) is 11.6 Å². The van der Waals surface area contributed by atoms with E-state index in [1.54, 1.807) is 12.1 Å². The van der Waals surface area contributed by atoms with Gasteiger partial charge in [-0.3, -0.25) is 0 Å². The molecule has 0 atom stereocenters. The van der Waals surface area contributed by atoms with Gasteiger partial charge < -0.3 is 5.21 Å². The number of rotatable bonds is 1.